The Morgan fingerprint density at radius 3 is 2.92 bits per heavy atom. The van der Waals surface area contributed by atoms with Crippen LogP contribution in [0.2, 0.25) is 0 Å². The second-order valence-electron chi connectivity index (χ2n) is 5.80. The summed E-state index contributed by atoms with van der Waals surface area (Å²) >= 11 is 0. The Morgan fingerprint density at radius 2 is 2.20 bits per heavy atom. The Morgan fingerprint density at radius 1 is 1.32 bits per heavy atom. The zero-order valence-corrected chi connectivity index (χ0v) is 13.7. The lowest BCUT2D eigenvalue weighted by Gasteiger charge is -2.21. The highest BCUT2D eigenvalue weighted by atomic mass is 16.4. The number of urea groups is 1. The lowest BCUT2D eigenvalue weighted by Crippen LogP contribution is -2.43. The minimum atomic E-state index is -1.27. The molecule has 0 aliphatic heterocycles. The van der Waals surface area contributed by atoms with E-state index in [1.165, 1.54) is 12.6 Å². The number of benzene rings is 1. The first-order valence-corrected chi connectivity index (χ1v) is 7.76. The number of rotatable bonds is 6. The maximum atomic E-state index is 12.0. The molecule has 1 atom stereocenters. The van der Waals surface area contributed by atoms with Crippen molar-refractivity contribution in [3.05, 3.63) is 66.6 Å². The van der Waals surface area contributed by atoms with Gasteiger partial charge in [0.2, 0.25) is 0 Å². The Bertz CT molecular complexity index is 813. The number of amides is 2. The van der Waals surface area contributed by atoms with E-state index in [0.29, 0.717) is 12.3 Å². The molecule has 130 valence electrons. The molecular formula is C17H19N5O3. The lowest BCUT2D eigenvalue weighted by molar-refractivity contribution is 0.0367. The van der Waals surface area contributed by atoms with Crippen molar-refractivity contribution in [1.82, 2.24) is 25.4 Å². The molecule has 0 spiro atoms. The van der Waals surface area contributed by atoms with Crippen molar-refractivity contribution in [3.63, 3.8) is 0 Å². The Balaban J connectivity index is 1.52. The van der Waals surface area contributed by atoms with E-state index in [1.807, 2.05) is 24.3 Å². The normalized spacial score (nSPS) is 13.2. The van der Waals surface area contributed by atoms with Crippen molar-refractivity contribution in [1.29, 1.82) is 0 Å². The highest BCUT2D eigenvalue weighted by Gasteiger charge is 2.26. The number of aliphatic hydroxyl groups is 1. The summed E-state index contributed by atoms with van der Waals surface area (Å²) in [5.74, 6) is 0.397. The predicted octanol–water partition coefficient (Wildman–Crippen LogP) is 1.57. The van der Waals surface area contributed by atoms with E-state index in [4.69, 9.17) is 4.42 Å². The average molecular weight is 341 g/mol. The maximum Gasteiger partial charge on any atom is 0.315 e. The molecule has 0 saturated heterocycles. The highest BCUT2D eigenvalue weighted by molar-refractivity contribution is 5.73. The van der Waals surface area contributed by atoms with Crippen LogP contribution in [-0.4, -0.2) is 32.4 Å². The Hall–Kier alpha value is -3.13. The van der Waals surface area contributed by atoms with Gasteiger partial charge in [-0.3, -0.25) is 0 Å². The number of furan rings is 1. The predicted molar refractivity (Wildman–Crippen MR) is 89.9 cm³/mol. The number of nitrogens with zero attached hydrogens (tertiary/aromatic N) is 3. The van der Waals surface area contributed by atoms with E-state index in [9.17, 15) is 9.90 Å². The number of aromatic nitrogens is 3. The Labute approximate surface area is 144 Å². The fraction of sp³-hybridized carbons (Fsp3) is 0.235. The third kappa shape index (κ3) is 4.24. The van der Waals surface area contributed by atoms with Gasteiger partial charge in [-0.2, -0.15) is 5.10 Å². The molecule has 1 aromatic carbocycles. The lowest BCUT2D eigenvalue weighted by atomic mass is 10.0. The van der Waals surface area contributed by atoms with Gasteiger partial charge in [0.1, 0.15) is 24.0 Å². The third-order valence-corrected chi connectivity index (χ3v) is 3.69. The van der Waals surface area contributed by atoms with E-state index in [1.54, 1.807) is 30.1 Å². The number of carbonyl (C=O) groups excluding carboxylic acids is 1. The van der Waals surface area contributed by atoms with Crippen LogP contribution >= 0.6 is 0 Å². The van der Waals surface area contributed by atoms with Crippen LogP contribution in [0.15, 0.2) is 59.7 Å². The van der Waals surface area contributed by atoms with Crippen LogP contribution in [0, 0.1) is 0 Å². The largest absolute Gasteiger partial charge is 0.466 e. The van der Waals surface area contributed by atoms with Crippen molar-refractivity contribution in [2.75, 3.05) is 6.54 Å². The molecule has 8 heteroatoms. The minimum absolute atomic E-state index is 0.0331. The van der Waals surface area contributed by atoms with Crippen LogP contribution in [0.3, 0.4) is 0 Å². The summed E-state index contributed by atoms with van der Waals surface area (Å²) in [7, 11) is 0. The third-order valence-electron chi connectivity index (χ3n) is 3.69. The summed E-state index contributed by atoms with van der Waals surface area (Å²) in [5.41, 5.74) is 0.507. The van der Waals surface area contributed by atoms with Crippen molar-refractivity contribution in [2.45, 2.75) is 19.1 Å². The van der Waals surface area contributed by atoms with E-state index >= 15 is 0 Å². The standard InChI is InChI=1S/C17H19N5O3/c1-17(24,15-6-3-7-25-15)10-20-16(23)19-9-13-4-2-5-14(8-13)22-12-18-11-21-22/h2-8,11-12,24H,9-10H2,1H3,(H2,19,20,23)/t17-/m1/s1. The number of hydrogen-bond acceptors (Lipinski definition) is 5. The van der Waals surface area contributed by atoms with Crippen molar-refractivity contribution in [3.8, 4) is 5.69 Å². The number of carbonyl (C=O) groups is 1. The molecule has 0 aliphatic carbocycles. The SMILES string of the molecule is C[C@@](O)(CNC(=O)NCc1cccc(-n2cncn2)c1)c1ccco1. The summed E-state index contributed by atoms with van der Waals surface area (Å²) in [6.45, 7) is 1.95. The monoisotopic (exact) mass is 341 g/mol. The van der Waals surface area contributed by atoms with Crippen LogP contribution in [0.5, 0.6) is 0 Å². The van der Waals surface area contributed by atoms with Crippen molar-refractivity contribution < 1.29 is 14.3 Å². The molecule has 2 amide bonds. The first-order valence-electron chi connectivity index (χ1n) is 7.76. The van der Waals surface area contributed by atoms with Crippen LogP contribution in [0.1, 0.15) is 18.2 Å². The van der Waals surface area contributed by atoms with Gasteiger partial charge in [-0.05, 0) is 36.8 Å². The van der Waals surface area contributed by atoms with Crippen LogP contribution in [-0.2, 0) is 12.1 Å². The molecular weight excluding hydrogens is 322 g/mol. The van der Waals surface area contributed by atoms with Gasteiger partial charge in [-0.25, -0.2) is 14.5 Å². The molecule has 0 bridgehead atoms. The molecule has 3 N–H and O–H groups in total. The van der Waals surface area contributed by atoms with E-state index in [0.717, 1.165) is 11.3 Å². The van der Waals surface area contributed by atoms with Gasteiger partial charge in [0, 0.05) is 6.54 Å². The molecule has 2 heterocycles. The fourth-order valence-electron chi connectivity index (χ4n) is 2.32. The molecule has 2 aromatic heterocycles. The van der Waals surface area contributed by atoms with E-state index in [-0.39, 0.29) is 12.6 Å². The minimum Gasteiger partial charge on any atom is -0.466 e. The van der Waals surface area contributed by atoms with E-state index in [2.05, 4.69) is 20.7 Å². The average Bonchev–Trinajstić information content (AvgIpc) is 3.32. The second kappa shape index (κ2) is 7.18. The summed E-state index contributed by atoms with van der Waals surface area (Å²) in [6.07, 6.45) is 4.55. The van der Waals surface area contributed by atoms with Gasteiger partial charge >= 0.3 is 6.03 Å². The summed E-state index contributed by atoms with van der Waals surface area (Å²) in [6, 6.07) is 10.6. The first-order chi connectivity index (χ1) is 12.0. The smallest absolute Gasteiger partial charge is 0.315 e. The van der Waals surface area contributed by atoms with Gasteiger partial charge < -0.3 is 20.2 Å². The summed E-state index contributed by atoms with van der Waals surface area (Å²) in [5, 5.41) is 19.8. The molecule has 0 unspecified atom stereocenters. The maximum absolute atomic E-state index is 12.0. The van der Waals surface area contributed by atoms with Crippen LogP contribution in [0.4, 0.5) is 4.79 Å². The molecule has 0 saturated carbocycles. The molecule has 0 radical (unpaired) electrons. The quantitative estimate of drug-likeness (QED) is 0.631. The summed E-state index contributed by atoms with van der Waals surface area (Å²) in [4.78, 5) is 15.9. The van der Waals surface area contributed by atoms with E-state index < -0.39 is 5.60 Å². The van der Waals surface area contributed by atoms with Crippen molar-refractivity contribution in [2.24, 2.45) is 0 Å². The molecule has 0 fully saturated rings. The Kier molecular flexibility index (Phi) is 4.80. The molecule has 8 nitrogen and oxygen atoms in total. The van der Waals surface area contributed by atoms with Gasteiger partial charge in [0.25, 0.3) is 0 Å². The molecule has 0 aliphatic rings. The molecule has 3 rings (SSSR count). The topological polar surface area (TPSA) is 105 Å². The van der Waals surface area contributed by atoms with Gasteiger partial charge in [-0.15, -0.1) is 0 Å². The number of hydrogen-bond donors (Lipinski definition) is 3. The van der Waals surface area contributed by atoms with Crippen LogP contribution in [0.25, 0.3) is 5.69 Å². The van der Waals surface area contributed by atoms with Gasteiger partial charge in [-0.1, -0.05) is 12.1 Å². The van der Waals surface area contributed by atoms with Crippen molar-refractivity contribution >= 4 is 6.03 Å². The first kappa shape index (κ1) is 16.7. The number of nitrogens with one attached hydrogen (secondary N) is 2. The zero-order chi connectivity index (χ0) is 17.7. The second-order valence-corrected chi connectivity index (χ2v) is 5.80. The fourth-order valence-corrected chi connectivity index (χ4v) is 2.32. The molecule has 25 heavy (non-hydrogen) atoms. The highest BCUT2D eigenvalue weighted by Crippen LogP contribution is 2.19. The zero-order valence-electron chi connectivity index (χ0n) is 13.7. The van der Waals surface area contributed by atoms with Crippen LogP contribution < -0.4 is 10.6 Å². The van der Waals surface area contributed by atoms with Gasteiger partial charge in [0.05, 0.1) is 18.5 Å². The summed E-state index contributed by atoms with van der Waals surface area (Å²) < 4.78 is 6.82. The van der Waals surface area contributed by atoms with Gasteiger partial charge in [0.15, 0.2) is 0 Å². The molecule has 3 aromatic rings.